The Balaban J connectivity index is 1.65. The lowest BCUT2D eigenvalue weighted by Gasteiger charge is -2.22. The van der Waals surface area contributed by atoms with Crippen LogP contribution in [0.25, 0.3) is 10.4 Å². The number of para-hydroxylation sites is 1. The summed E-state index contributed by atoms with van der Waals surface area (Å²) in [5.74, 6) is -0.496. The maximum atomic E-state index is 13.1. The summed E-state index contributed by atoms with van der Waals surface area (Å²) in [5, 5.41) is 13.6. The topological polar surface area (TPSA) is 115 Å². The largest absolute Gasteiger partial charge is 0.489 e. The van der Waals surface area contributed by atoms with Crippen molar-refractivity contribution in [1.82, 2.24) is 4.98 Å². The van der Waals surface area contributed by atoms with Crippen LogP contribution < -0.4 is 15.8 Å². The second-order valence-electron chi connectivity index (χ2n) is 8.86. The first-order valence-electron chi connectivity index (χ1n) is 12.4. The third-order valence-corrected chi connectivity index (χ3v) is 7.26. The first-order valence-corrected chi connectivity index (χ1v) is 13.2. The molecule has 1 unspecified atom stereocenters. The van der Waals surface area contributed by atoms with Crippen LogP contribution in [0.3, 0.4) is 0 Å². The molecule has 0 fully saturated rings. The smallest absolute Gasteiger partial charge is 0.246 e. The van der Waals surface area contributed by atoms with E-state index in [1.54, 1.807) is 6.20 Å². The van der Waals surface area contributed by atoms with Crippen molar-refractivity contribution in [3.8, 4) is 16.2 Å². The van der Waals surface area contributed by atoms with Crippen LogP contribution in [0, 0.1) is 11.8 Å². The fourth-order valence-electron chi connectivity index (χ4n) is 4.22. The fourth-order valence-corrected chi connectivity index (χ4v) is 5.10. The van der Waals surface area contributed by atoms with Gasteiger partial charge < -0.3 is 20.9 Å². The molecule has 4 N–H and O–H groups in total. The van der Waals surface area contributed by atoms with Crippen molar-refractivity contribution in [2.24, 2.45) is 17.6 Å². The first-order chi connectivity index (χ1) is 17.4. The summed E-state index contributed by atoms with van der Waals surface area (Å²) in [7, 11) is 0. The van der Waals surface area contributed by atoms with Gasteiger partial charge in [0.15, 0.2) is 5.13 Å². The minimum atomic E-state index is -1.19. The maximum absolute atomic E-state index is 13.1. The van der Waals surface area contributed by atoms with Crippen molar-refractivity contribution in [2.75, 3.05) is 5.32 Å². The zero-order valence-corrected chi connectivity index (χ0v) is 21.7. The first kappa shape index (κ1) is 27.4. The third kappa shape index (κ3) is 7.63. The Morgan fingerprint density at radius 3 is 2.47 bits per heavy atom. The van der Waals surface area contributed by atoms with E-state index in [1.807, 2.05) is 68.4 Å². The third-order valence-electron chi connectivity index (χ3n) is 6.31. The molecule has 1 heterocycles. The van der Waals surface area contributed by atoms with Crippen molar-refractivity contribution in [3.05, 3.63) is 66.4 Å². The number of thiazole rings is 1. The van der Waals surface area contributed by atoms with Gasteiger partial charge in [0.05, 0.1) is 4.88 Å². The number of amides is 2. The predicted molar refractivity (Wildman–Crippen MR) is 144 cm³/mol. The molecule has 0 bridgehead atoms. The van der Waals surface area contributed by atoms with Gasteiger partial charge in [-0.15, -0.1) is 0 Å². The number of nitrogens with two attached hydrogens (primary N) is 1. The summed E-state index contributed by atoms with van der Waals surface area (Å²) in [6.45, 7) is 4.37. The van der Waals surface area contributed by atoms with Gasteiger partial charge in [-0.3, -0.25) is 9.59 Å². The van der Waals surface area contributed by atoms with E-state index in [1.165, 1.54) is 11.3 Å². The molecule has 192 valence electrons. The number of nitrogens with one attached hydrogen (secondary N) is 1. The number of hydrogen-bond donors (Lipinski definition) is 3. The van der Waals surface area contributed by atoms with E-state index in [0.29, 0.717) is 37.4 Å². The number of aliphatic hydroxyl groups is 1. The Kier molecular flexibility index (Phi) is 10.5. The van der Waals surface area contributed by atoms with Crippen molar-refractivity contribution in [1.29, 1.82) is 0 Å². The molecular formula is C28H35N3O4S. The van der Waals surface area contributed by atoms with Crippen molar-refractivity contribution < 1.29 is 19.4 Å². The second-order valence-corrected chi connectivity index (χ2v) is 9.89. The van der Waals surface area contributed by atoms with Crippen molar-refractivity contribution in [3.63, 3.8) is 0 Å². The zero-order chi connectivity index (χ0) is 25.9. The lowest BCUT2D eigenvalue weighted by Crippen LogP contribution is -2.35. The molecule has 0 aliphatic heterocycles. The van der Waals surface area contributed by atoms with Crippen LogP contribution in [-0.2, 0) is 16.2 Å². The normalized spacial score (nSPS) is 13.5. The molecule has 0 spiro atoms. The van der Waals surface area contributed by atoms with E-state index in [4.69, 9.17) is 10.5 Å². The molecule has 0 saturated heterocycles. The van der Waals surface area contributed by atoms with E-state index >= 15 is 0 Å². The molecule has 8 heteroatoms. The monoisotopic (exact) mass is 509 g/mol. The van der Waals surface area contributed by atoms with Gasteiger partial charge >= 0.3 is 0 Å². The number of nitrogens with zero attached hydrogens (tertiary/aromatic N) is 1. The number of ether oxygens (including phenoxy) is 1. The molecule has 7 nitrogen and oxygen atoms in total. The molecule has 36 heavy (non-hydrogen) atoms. The molecule has 0 saturated carbocycles. The Morgan fingerprint density at radius 1 is 1.06 bits per heavy atom. The van der Waals surface area contributed by atoms with Crippen molar-refractivity contribution in [2.45, 2.75) is 58.7 Å². The molecule has 3 atom stereocenters. The van der Waals surface area contributed by atoms with Crippen LogP contribution in [0.5, 0.6) is 5.75 Å². The molecule has 2 amide bonds. The van der Waals surface area contributed by atoms with Crippen LogP contribution in [0.2, 0.25) is 0 Å². The van der Waals surface area contributed by atoms with E-state index in [0.717, 1.165) is 28.2 Å². The average Bonchev–Trinajstić information content (AvgIpc) is 3.35. The van der Waals surface area contributed by atoms with Gasteiger partial charge in [-0.2, -0.15) is 0 Å². The Labute approximate surface area is 216 Å². The van der Waals surface area contributed by atoms with Crippen LogP contribution in [-0.4, -0.2) is 28.0 Å². The molecule has 2 aromatic carbocycles. The molecule has 1 aromatic heterocycles. The summed E-state index contributed by atoms with van der Waals surface area (Å²) >= 11 is 1.42. The summed E-state index contributed by atoms with van der Waals surface area (Å²) in [6, 6.07) is 17.7. The summed E-state index contributed by atoms with van der Waals surface area (Å²) in [4.78, 5) is 29.8. The fraction of sp³-hybridized carbons (Fsp3) is 0.393. The highest BCUT2D eigenvalue weighted by atomic mass is 32.1. The Hall–Kier alpha value is -3.23. The summed E-state index contributed by atoms with van der Waals surface area (Å²) < 4.78 is 5.94. The average molecular weight is 510 g/mol. The zero-order valence-electron chi connectivity index (χ0n) is 20.9. The molecule has 0 aliphatic rings. The minimum Gasteiger partial charge on any atom is -0.489 e. The number of carbonyl (C=O) groups is 2. The highest BCUT2D eigenvalue weighted by Gasteiger charge is 2.26. The van der Waals surface area contributed by atoms with E-state index in [-0.39, 0.29) is 17.7 Å². The van der Waals surface area contributed by atoms with E-state index in [2.05, 4.69) is 10.3 Å². The molecule has 3 rings (SSSR count). The van der Waals surface area contributed by atoms with Gasteiger partial charge in [0, 0.05) is 12.1 Å². The van der Waals surface area contributed by atoms with Crippen LogP contribution in [0.1, 0.15) is 51.5 Å². The van der Waals surface area contributed by atoms with Gasteiger partial charge in [-0.25, -0.2) is 4.98 Å². The highest BCUT2D eigenvalue weighted by molar-refractivity contribution is 7.19. The number of benzene rings is 2. The van der Waals surface area contributed by atoms with E-state index in [9.17, 15) is 14.7 Å². The lowest BCUT2D eigenvalue weighted by atomic mass is 9.87. The van der Waals surface area contributed by atoms with Gasteiger partial charge in [-0.05, 0) is 48.4 Å². The lowest BCUT2D eigenvalue weighted by molar-refractivity contribution is -0.129. The van der Waals surface area contributed by atoms with Crippen LogP contribution >= 0.6 is 11.3 Å². The minimum absolute atomic E-state index is 0.0955. The maximum Gasteiger partial charge on any atom is 0.246 e. The summed E-state index contributed by atoms with van der Waals surface area (Å²) in [6.07, 6.45) is 3.89. The number of aromatic nitrogens is 1. The van der Waals surface area contributed by atoms with Gasteiger partial charge in [0.25, 0.3) is 0 Å². The van der Waals surface area contributed by atoms with Gasteiger partial charge in [-0.1, -0.05) is 80.5 Å². The molecule has 0 radical (unpaired) electrons. The summed E-state index contributed by atoms with van der Waals surface area (Å²) in [5.41, 5.74) is 7.32. The standard InChI is InChI=1S/C28H35N3O4S/c1-3-10-20(16-15-19(4-2)25(32)26(29)33)27(34)31-28-30-17-24(36-28)23-14-9-8-11-21(23)18-35-22-12-6-5-7-13-22/h5-9,11-14,17,19-20,25,32H,3-4,10,15-16,18H2,1-2H3,(H2,29,33)(H,30,31,34)/t19?,20-,25-/m0/s1. The SMILES string of the molecule is CCC[C@@H](CCC(CC)[C@H](O)C(N)=O)C(=O)Nc1ncc(-c2ccccc2COc2ccccc2)s1. The van der Waals surface area contributed by atoms with Gasteiger partial charge in [0.1, 0.15) is 18.5 Å². The number of anilines is 1. The van der Waals surface area contributed by atoms with Crippen LogP contribution in [0.4, 0.5) is 5.13 Å². The van der Waals surface area contributed by atoms with Crippen molar-refractivity contribution >= 4 is 28.3 Å². The predicted octanol–water partition coefficient (Wildman–Crippen LogP) is 5.40. The number of carbonyl (C=O) groups excluding carboxylic acids is 2. The number of rotatable bonds is 14. The Morgan fingerprint density at radius 2 is 1.78 bits per heavy atom. The quantitative estimate of drug-likeness (QED) is 0.269. The second kappa shape index (κ2) is 13.8. The van der Waals surface area contributed by atoms with E-state index < -0.39 is 12.0 Å². The number of aliphatic hydroxyl groups excluding tert-OH is 1. The Bertz CT molecular complexity index is 1120. The molecule has 0 aliphatic carbocycles. The highest BCUT2D eigenvalue weighted by Crippen LogP contribution is 2.33. The molecular weight excluding hydrogens is 474 g/mol. The number of primary amides is 1. The number of hydrogen-bond acceptors (Lipinski definition) is 6. The van der Waals surface area contributed by atoms with Gasteiger partial charge in [0.2, 0.25) is 11.8 Å². The van der Waals surface area contributed by atoms with Crippen LogP contribution in [0.15, 0.2) is 60.8 Å². The molecule has 3 aromatic rings.